The van der Waals surface area contributed by atoms with Crippen LogP contribution in [0.4, 0.5) is 19.0 Å². The highest BCUT2D eigenvalue weighted by atomic mass is 19.4. The van der Waals surface area contributed by atoms with E-state index in [0.29, 0.717) is 12.3 Å². The Morgan fingerprint density at radius 3 is 2.63 bits per heavy atom. The third-order valence-electron chi connectivity index (χ3n) is 4.35. The molecule has 0 spiro atoms. The summed E-state index contributed by atoms with van der Waals surface area (Å²) in [4.78, 5) is 30.2. The van der Waals surface area contributed by atoms with Crippen LogP contribution in [0, 0.1) is 0 Å². The Morgan fingerprint density at radius 1 is 1.19 bits per heavy atom. The molecular formula is C18H19F3N4O2. The molecule has 27 heavy (non-hydrogen) atoms. The van der Waals surface area contributed by atoms with Crippen LogP contribution in [0.15, 0.2) is 41.5 Å². The maximum absolute atomic E-state index is 12.7. The molecule has 0 bridgehead atoms. The topological polar surface area (TPSA) is 67.2 Å². The number of nitrogens with zero attached hydrogens (tertiary/aromatic N) is 3. The summed E-state index contributed by atoms with van der Waals surface area (Å²) >= 11 is 0. The largest absolute Gasteiger partial charge is 0.417 e. The van der Waals surface area contributed by atoms with Crippen LogP contribution >= 0.6 is 0 Å². The minimum absolute atomic E-state index is 0.204. The van der Waals surface area contributed by atoms with Crippen LogP contribution in [0.1, 0.15) is 24.0 Å². The van der Waals surface area contributed by atoms with Gasteiger partial charge in [-0.15, -0.1) is 0 Å². The van der Waals surface area contributed by atoms with Gasteiger partial charge in [-0.05, 0) is 36.6 Å². The van der Waals surface area contributed by atoms with E-state index in [1.807, 2.05) is 6.07 Å². The number of hydrogen-bond donors (Lipinski definition) is 1. The van der Waals surface area contributed by atoms with Crippen molar-refractivity contribution in [2.45, 2.75) is 32.1 Å². The molecule has 0 atom stereocenters. The lowest BCUT2D eigenvalue weighted by atomic mass is 10.2. The molecule has 1 aliphatic heterocycles. The second-order valence-electron chi connectivity index (χ2n) is 6.37. The van der Waals surface area contributed by atoms with Crippen LogP contribution in [0.3, 0.4) is 0 Å². The van der Waals surface area contributed by atoms with E-state index in [9.17, 15) is 22.8 Å². The molecule has 3 heterocycles. The average molecular weight is 380 g/mol. The van der Waals surface area contributed by atoms with Gasteiger partial charge >= 0.3 is 6.18 Å². The van der Waals surface area contributed by atoms with Crippen molar-refractivity contribution in [2.75, 3.05) is 18.0 Å². The molecule has 2 aromatic rings. The molecule has 0 unspecified atom stereocenters. The summed E-state index contributed by atoms with van der Waals surface area (Å²) < 4.78 is 39.0. The van der Waals surface area contributed by atoms with Crippen molar-refractivity contribution >= 4 is 11.7 Å². The minimum Gasteiger partial charge on any atom is -0.357 e. The second kappa shape index (κ2) is 7.81. The zero-order valence-corrected chi connectivity index (χ0v) is 14.5. The van der Waals surface area contributed by atoms with Crippen molar-refractivity contribution in [3.63, 3.8) is 0 Å². The van der Waals surface area contributed by atoms with Crippen molar-refractivity contribution in [1.29, 1.82) is 0 Å². The van der Waals surface area contributed by atoms with Gasteiger partial charge in [-0.3, -0.25) is 9.59 Å². The van der Waals surface area contributed by atoms with Gasteiger partial charge in [-0.25, -0.2) is 4.98 Å². The highest BCUT2D eigenvalue weighted by Crippen LogP contribution is 2.28. The fourth-order valence-corrected chi connectivity index (χ4v) is 2.92. The number of carbonyl (C=O) groups is 1. The van der Waals surface area contributed by atoms with Crippen LogP contribution in [0.25, 0.3) is 0 Å². The van der Waals surface area contributed by atoms with E-state index in [1.165, 1.54) is 0 Å². The molecule has 144 valence electrons. The van der Waals surface area contributed by atoms with Gasteiger partial charge in [-0.2, -0.15) is 13.2 Å². The Labute approximate surface area is 153 Å². The highest BCUT2D eigenvalue weighted by molar-refractivity contribution is 5.75. The van der Waals surface area contributed by atoms with E-state index in [1.54, 1.807) is 12.3 Å². The van der Waals surface area contributed by atoms with Gasteiger partial charge in [0.1, 0.15) is 12.4 Å². The van der Waals surface area contributed by atoms with Gasteiger partial charge in [0.2, 0.25) is 5.91 Å². The predicted octanol–water partition coefficient (Wildman–Crippen LogP) is 2.18. The van der Waals surface area contributed by atoms with Gasteiger partial charge in [0.25, 0.3) is 5.56 Å². The minimum atomic E-state index is -4.57. The van der Waals surface area contributed by atoms with Crippen molar-refractivity contribution < 1.29 is 18.0 Å². The zero-order valence-electron chi connectivity index (χ0n) is 14.5. The lowest BCUT2D eigenvalue weighted by Gasteiger charge is -2.17. The Hall–Kier alpha value is -2.84. The Bertz CT molecular complexity index is 873. The number of hydrogen-bond acceptors (Lipinski definition) is 4. The molecule has 1 amide bonds. The molecule has 0 saturated carbocycles. The maximum Gasteiger partial charge on any atom is 0.417 e. The molecule has 6 nitrogen and oxygen atoms in total. The fraction of sp³-hybridized carbons (Fsp3) is 0.389. The standard InChI is InChI=1S/C18H19F3N4O2/c19-18(20,21)14-3-4-17(27)25(11-14)12-16(26)23-10-13-5-6-22-15(9-13)24-7-1-2-8-24/h3-6,9,11H,1-2,7-8,10,12H2,(H,23,26). The normalized spacial score (nSPS) is 14.4. The first-order valence-electron chi connectivity index (χ1n) is 8.57. The van der Waals surface area contributed by atoms with E-state index in [0.717, 1.165) is 47.9 Å². The first-order valence-corrected chi connectivity index (χ1v) is 8.57. The summed E-state index contributed by atoms with van der Waals surface area (Å²) in [7, 11) is 0. The molecule has 2 aromatic heterocycles. The number of carbonyl (C=O) groups excluding carboxylic acids is 1. The highest BCUT2D eigenvalue weighted by Gasteiger charge is 2.31. The van der Waals surface area contributed by atoms with Gasteiger partial charge < -0.3 is 14.8 Å². The lowest BCUT2D eigenvalue weighted by molar-refractivity contribution is -0.138. The summed E-state index contributed by atoms with van der Waals surface area (Å²) in [5, 5.41) is 2.62. The van der Waals surface area contributed by atoms with E-state index >= 15 is 0 Å². The number of rotatable bonds is 5. The van der Waals surface area contributed by atoms with Crippen LogP contribution in [-0.4, -0.2) is 28.5 Å². The predicted molar refractivity (Wildman–Crippen MR) is 93.2 cm³/mol. The quantitative estimate of drug-likeness (QED) is 0.864. The summed E-state index contributed by atoms with van der Waals surface area (Å²) in [6, 6.07) is 5.15. The van der Waals surface area contributed by atoms with Crippen LogP contribution in [0.2, 0.25) is 0 Å². The fourth-order valence-electron chi connectivity index (χ4n) is 2.92. The maximum atomic E-state index is 12.7. The average Bonchev–Trinajstić information content (AvgIpc) is 3.16. The molecule has 3 rings (SSSR count). The summed E-state index contributed by atoms with van der Waals surface area (Å²) in [6.07, 6.45) is -0.0238. The second-order valence-corrected chi connectivity index (χ2v) is 6.37. The summed E-state index contributed by atoms with van der Waals surface area (Å²) in [6.45, 7) is 1.62. The van der Waals surface area contributed by atoms with Gasteiger partial charge in [-0.1, -0.05) is 0 Å². The first kappa shape index (κ1) is 18.9. The number of nitrogens with one attached hydrogen (secondary N) is 1. The van der Waals surface area contributed by atoms with Gasteiger partial charge in [0, 0.05) is 38.1 Å². The van der Waals surface area contributed by atoms with E-state index < -0.39 is 29.8 Å². The lowest BCUT2D eigenvalue weighted by Crippen LogP contribution is -2.32. The zero-order chi connectivity index (χ0) is 19.4. The van der Waals surface area contributed by atoms with Gasteiger partial charge in [0.15, 0.2) is 0 Å². The van der Waals surface area contributed by atoms with Crippen molar-refractivity contribution in [3.05, 3.63) is 58.1 Å². The molecule has 1 aliphatic rings. The van der Waals surface area contributed by atoms with E-state index in [4.69, 9.17) is 0 Å². The Morgan fingerprint density at radius 2 is 1.93 bits per heavy atom. The number of amides is 1. The van der Waals surface area contributed by atoms with E-state index in [-0.39, 0.29) is 6.54 Å². The first-order chi connectivity index (χ1) is 12.8. The third-order valence-corrected chi connectivity index (χ3v) is 4.35. The number of aromatic nitrogens is 2. The smallest absolute Gasteiger partial charge is 0.357 e. The number of pyridine rings is 2. The molecule has 0 aliphatic carbocycles. The van der Waals surface area contributed by atoms with Crippen LogP contribution in [-0.2, 0) is 24.1 Å². The van der Waals surface area contributed by atoms with Crippen molar-refractivity contribution in [2.24, 2.45) is 0 Å². The van der Waals surface area contributed by atoms with Gasteiger partial charge in [0.05, 0.1) is 5.56 Å². The molecule has 1 fully saturated rings. The SMILES string of the molecule is O=C(Cn1cc(C(F)(F)F)ccc1=O)NCc1ccnc(N2CCCC2)c1. The number of alkyl halides is 3. The Balaban J connectivity index is 1.62. The van der Waals surface area contributed by atoms with E-state index in [2.05, 4.69) is 15.2 Å². The molecule has 0 aromatic carbocycles. The van der Waals surface area contributed by atoms with Crippen LogP contribution < -0.4 is 15.8 Å². The molecule has 9 heteroatoms. The van der Waals surface area contributed by atoms with Crippen molar-refractivity contribution in [1.82, 2.24) is 14.9 Å². The summed E-state index contributed by atoms with van der Waals surface area (Å²) in [5.41, 5.74) is -0.811. The Kier molecular flexibility index (Phi) is 5.48. The number of anilines is 1. The third kappa shape index (κ3) is 4.87. The molecule has 1 N–H and O–H groups in total. The molecular weight excluding hydrogens is 361 g/mol. The summed E-state index contributed by atoms with van der Waals surface area (Å²) in [5.74, 6) is 0.296. The van der Waals surface area contributed by atoms with Crippen LogP contribution in [0.5, 0.6) is 0 Å². The monoisotopic (exact) mass is 380 g/mol. The molecule has 1 saturated heterocycles. The van der Waals surface area contributed by atoms with Crippen molar-refractivity contribution in [3.8, 4) is 0 Å². The molecule has 0 radical (unpaired) electrons. The number of halogens is 3.